The summed E-state index contributed by atoms with van der Waals surface area (Å²) in [4.78, 5) is 23.7. The van der Waals surface area contributed by atoms with Crippen LogP contribution in [0.3, 0.4) is 0 Å². The van der Waals surface area contributed by atoms with Crippen molar-refractivity contribution in [2.45, 2.75) is 6.92 Å². The topological polar surface area (TPSA) is 57.6 Å². The fourth-order valence-corrected chi connectivity index (χ4v) is 2.47. The van der Waals surface area contributed by atoms with Gasteiger partial charge < -0.3 is 0 Å². The van der Waals surface area contributed by atoms with Gasteiger partial charge in [-0.25, -0.2) is 0 Å². The van der Waals surface area contributed by atoms with E-state index in [1.165, 1.54) is 6.07 Å². The van der Waals surface area contributed by atoms with Crippen LogP contribution in [0.15, 0.2) is 24.3 Å². The van der Waals surface area contributed by atoms with Crippen molar-refractivity contribution in [3.8, 4) is 0 Å². The molecule has 18 heavy (non-hydrogen) atoms. The molecule has 0 aliphatic carbocycles. The predicted octanol–water partition coefficient (Wildman–Crippen LogP) is 2.79. The van der Waals surface area contributed by atoms with E-state index in [0.29, 0.717) is 16.0 Å². The van der Waals surface area contributed by atoms with Gasteiger partial charge in [-0.15, -0.1) is 5.06 Å². The van der Waals surface area contributed by atoms with Crippen LogP contribution in [0.2, 0.25) is 5.02 Å². The minimum atomic E-state index is -0.745. The lowest BCUT2D eigenvalue weighted by atomic mass is 9.92. The first-order valence-corrected chi connectivity index (χ1v) is 5.69. The third-order valence-corrected chi connectivity index (χ3v) is 3.61. The van der Waals surface area contributed by atoms with Crippen LogP contribution in [-0.4, -0.2) is 22.1 Å². The van der Waals surface area contributed by atoms with Crippen LogP contribution in [0.5, 0.6) is 0 Å². The lowest BCUT2D eigenvalue weighted by Crippen LogP contribution is -2.37. The number of amides is 2. The van der Waals surface area contributed by atoms with E-state index < -0.39 is 11.8 Å². The smallest absolute Gasteiger partial charge is 0.278 e. The third-order valence-electron chi connectivity index (χ3n) is 3.21. The molecule has 4 nitrogen and oxygen atoms in total. The molecule has 2 amide bonds. The maximum atomic E-state index is 11.9. The lowest BCUT2D eigenvalue weighted by Gasteiger charge is -2.22. The molecule has 1 aliphatic rings. The molecule has 0 fully saturated rings. The van der Waals surface area contributed by atoms with Gasteiger partial charge in [0.2, 0.25) is 0 Å². The minimum absolute atomic E-state index is 0.128. The van der Waals surface area contributed by atoms with Crippen molar-refractivity contribution in [3.63, 3.8) is 0 Å². The van der Waals surface area contributed by atoms with Crippen LogP contribution in [0.1, 0.15) is 26.3 Å². The summed E-state index contributed by atoms with van der Waals surface area (Å²) in [5, 5.41) is 11.4. The first-order chi connectivity index (χ1) is 8.52. The second-order valence-corrected chi connectivity index (χ2v) is 4.59. The molecule has 1 heterocycles. The van der Waals surface area contributed by atoms with E-state index in [9.17, 15) is 14.8 Å². The standard InChI is InChI=1S/C13H8ClNO3/c1-6-7-3-2-4-8-11(7)9(5-10(6)14)13(17)15(18)12(8)16/h2-5,18H,1H3. The highest BCUT2D eigenvalue weighted by molar-refractivity contribution is 6.34. The number of hydroxylamine groups is 2. The molecule has 0 atom stereocenters. The normalized spacial score (nSPS) is 14.5. The molecule has 0 aromatic heterocycles. The summed E-state index contributed by atoms with van der Waals surface area (Å²) in [5.74, 6) is -1.45. The quantitative estimate of drug-likeness (QED) is 0.586. The van der Waals surface area contributed by atoms with E-state index in [1.54, 1.807) is 18.2 Å². The summed E-state index contributed by atoms with van der Waals surface area (Å²) < 4.78 is 0. The average molecular weight is 262 g/mol. The van der Waals surface area contributed by atoms with Crippen molar-refractivity contribution in [3.05, 3.63) is 46.0 Å². The highest BCUT2D eigenvalue weighted by Gasteiger charge is 2.32. The van der Waals surface area contributed by atoms with E-state index in [0.717, 1.165) is 10.9 Å². The lowest BCUT2D eigenvalue weighted by molar-refractivity contribution is -0.0377. The summed E-state index contributed by atoms with van der Waals surface area (Å²) in [5.41, 5.74) is 1.37. The Balaban J connectivity index is 2.57. The third kappa shape index (κ3) is 1.24. The zero-order valence-electron chi connectivity index (χ0n) is 9.40. The Morgan fingerprint density at radius 1 is 1.17 bits per heavy atom. The van der Waals surface area contributed by atoms with Crippen molar-refractivity contribution in [2.24, 2.45) is 0 Å². The maximum absolute atomic E-state index is 11.9. The van der Waals surface area contributed by atoms with Gasteiger partial charge in [0.05, 0.1) is 11.1 Å². The number of benzene rings is 2. The van der Waals surface area contributed by atoms with Crippen molar-refractivity contribution in [2.75, 3.05) is 0 Å². The molecule has 0 radical (unpaired) electrons. The van der Waals surface area contributed by atoms with Crippen molar-refractivity contribution in [1.29, 1.82) is 0 Å². The van der Waals surface area contributed by atoms with Gasteiger partial charge >= 0.3 is 0 Å². The molecule has 0 unspecified atom stereocenters. The van der Waals surface area contributed by atoms with Gasteiger partial charge in [-0.3, -0.25) is 14.8 Å². The van der Waals surface area contributed by atoms with Crippen LogP contribution >= 0.6 is 11.6 Å². The summed E-state index contributed by atoms with van der Waals surface area (Å²) in [6.45, 7) is 1.82. The zero-order chi connectivity index (χ0) is 13.0. The summed E-state index contributed by atoms with van der Waals surface area (Å²) >= 11 is 6.06. The average Bonchev–Trinajstić information content (AvgIpc) is 2.38. The highest BCUT2D eigenvalue weighted by Crippen LogP contribution is 2.34. The largest absolute Gasteiger partial charge is 0.285 e. The Labute approximate surface area is 107 Å². The summed E-state index contributed by atoms with van der Waals surface area (Å²) in [6.07, 6.45) is 0. The molecule has 0 saturated carbocycles. The van der Waals surface area contributed by atoms with Gasteiger partial charge in [0.25, 0.3) is 11.8 Å². The fraction of sp³-hybridized carbons (Fsp3) is 0.0769. The number of halogens is 1. The number of carbonyl (C=O) groups excluding carboxylic acids is 2. The second-order valence-electron chi connectivity index (χ2n) is 4.18. The van der Waals surface area contributed by atoms with Gasteiger partial charge in [0.1, 0.15) is 0 Å². The van der Waals surface area contributed by atoms with Crippen LogP contribution < -0.4 is 0 Å². The Hall–Kier alpha value is -1.91. The van der Waals surface area contributed by atoms with Gasteiger partial charge in [-0.05, 0) is 30.0 Å². The van der Waals surface area contributed by atoms with Crippen molar-refractivity contribution in [1.82, 2.24) is 5.06 Å². The SMILES string of the molecule is Cc1c(Cl)cc2c3c(cccc13)C(=O)N(O)C2=O. The van der Waals surface area contributed by atoms with Crippen molar-refractivity contribution < 1.29 is 14.8 Å². The second kappa shape index (κ2) is 3.54. The summed E-state index contributed by atoms with van der Waals surface area (Å²) in [6, 6.07) is 6.57. The van der Waals surface area contributed by atoms with Gasteiger partial charge in [-0.2, -0.15) is 0 Å². The molecule has 0 spiro atoms. The van der Waals surface area contributed by atoms with Crippen LogP contribution in [-0.2, 0) is 0 Å². The Morgan fingerprint density at radius 3 is 2.56 bits per heavy atom. The van der Waals surface area contributed by atoms with Gasteiger partial charge in [-0.1, -0.05) is 23.7 Å². The van der Waals surface area contributed by atoms with Gasteiger partial charge in [0, 0.05) is 10.4 Å². The Bertz CT molecular complexity index is 724. The molecule has 90 valence electrons. The maximum Gasteiger partial charge on any atom is 0.285 e. The first kappa shape index (κ1) is 11.2. The van der Waals surface area contributed by atoms with Gasteiger partial charge in [0.15, 0.2) is 0 Å². The number of rotatable bonds is 0. The van der Waals surface area contributed by atoms with E-state index >= 15 is 0 Å². The van der Waals surface area contributed by atoms with Crippen LogP contribution in [0, 0.1) is 6.92 Å². The highest BCUT2D eigenvalue weighted by atomic mass is 35.5. The molecular weight excluding hydrogens is 254 g/mol. The first-order valence-electron chi connectivity index (χ1n) is 5.32. The number of aryl methyl sites for hydroxylation is 1. The van der Waals surface area contributed by atoms with Crippen LogP contribution in [0.4, 0.5) is 0 Å². The predicted molar refractivity (Wildman–Crippen MR) is 66.0 cm³/mol. The van der Waals surface area contributed by atoms with E-state index in [2.05, 4.69) is 0 Å². The monoisotopic (exact) mass is 261 g/mol. The van der Waals surface area contributed by atoms with E-state index in [1.807, 2.05) is 6.92 Å². The Kier molecular flexibility index (Phi) is 2.20. The zero-order valence-corrected chi connectivity index (χ0v) is 10.2. The number of hydrogen-bond acceptors (Lipinski definition) is 3. The Morgan fingerprint density at radius 2 is 1.83 bits per heavy atom. The summed E-state index contributed by atoms with van der Waals surface area (Å²) in [7, 11) is 0. The van der Waals surface area contributed by atoms with E-state index in [4.69, 9.17) is 11.6 Å². The number of hydrogen-bond donors (Lipinski definition) is 1. The van der Waals surface area contributed by atoms with E-state index in [-0.39, 0.29) is 10.6 Å². The molecule has 2 aromatic rings. The molecule has 5 heteroatoms. The molecule has 0 bridgehead atoms. The van der Waals surface area contributed by atoms with Crippen LogP contribution in [0.25, 0.3) is 10.8 Å². The molecule has 2 aromatic carbocycles. The number of carbonyl (C=O) groups is 2. The molecule has 1 aliphatic heterocycles. The number of imide groups is 1. The fourth-order valence-electron chi connectivity index (χ4n) is 2.26. The molecule has 0 saturated heterocycles. The number of nitrogens with zero attached hydrogens (tertiary/aromatic N) is 1. The molecular formula is C13H8ClNO3. The molecule has 3 rings (SSSR count). The van der Waals surface area contributed by atoms with Crippen molar-refractivity contribution >= 4 is 34.2 Å². The molecule has 1 N–H and O–H groups in total. The minimum Gasteiger partial charge on any atom is -0.278 e.